The Kier molecular flexibility index (Phi) is 7.90. The van der Waals surface area contributed by atoms with Crippen molar-refractivity contribution in [3.8, 4) is 0 Å². The highest BCUT2D eigenvalue weighted by Gasteiger charge is 2.50. The zero-order valence-electron chi connectivity index (χ0n) is 14.9. The van der Waals surface area contributed by atoms with Crippen molar-refractivity contribution < 1.29 is 23.5 Å². The molecule has 0 amide bonds. The molecular weight excluding hydrogens is 283 g/mol. The van der Waals surface area contributed by atoms with Crippen molar-refractivity contribution in [2.45, 2.75) is 70.8 Å². The summed E-state index contributed by atoms with van der Waals surface area (Å²) in [5, 5.41) is 0. The van der Waals surface area contributed by atoms with E-state index >= 15 is 0 Å². The summed E-state index contributed by atoms with van der Waals surface area (Å²) in [6.45, 7) is 8.92. The molecule has 1 heterocycles. The zero-order valence-corrected chi connectivity index (χ0v) is 14.9. The van der Waals surface area contributed by atoms with Gasteiger partial charge in [0.2, 0.25) is 0 Å². The molecule has 0 bridgehead atoms. The summed E-state index contributed by atoms with van der Waals surface area (Å²) in [6, 6.07) is 0. The molecule has 0 aromatic rings. The van der Waals surface area contributed by atoms with Gasteiger partial charge in [0.25, 0.3) is 0 Å². The predicted octanol–water partition coefficient (Wildman–Crippen LogP) is 3.40. The third-order valence-electron chi connectivity index (χ3n) is 4.30. The number of rotatable bonds is 10. The number of ether oxygens (including phenoxy) is 3. The molecule has 0 saturated carbocycles. The van der Waals surface area contributed by atoms with Gasteiger partial charge in [-0.25, -0.2) is 0 Å². The normalized spacial score (nSPS) is 20.2. The van der Waals surface area contributed by atoms with Gasteiger partial charge in [-0.2, -0.15) is 0 Å². The van der Waals surface area contributed by atoms with Crippen LogP contribution >= 0.6 is 0 Å². The van der Waals surface area contributed by atoms with Gasteiger partial charge in [-0.1, -0.05) is 6.08 Å². The lowest BCUT2D eigenvalue weighted by Gasteiger charge is -2.32. The van der Waals surface area contributed by atoms with Crippen LogP contribution < -0.4 is 0 Å². The van der Waals surface area contributed by atoms with E-state index in [2.05, 4.69) is 27.7 Å². The van der Waals surface area contributed by atoms with Crippen molar-refractivity contribution in [2.75, 3.05) is 20.8 Å². The molecule has 6 heteroatoms. The second-order valence-corrected chi connectivity index (χ2v) is 6.56. The molecule has 5 nitrogen and oxygen atoms in total. The van der Waals surface area contributed by atoms with E-state index in [4.69, 9.17) is 23.5 Å². The molecule has 0 N–H and O–H groups in total. The molecule has 0 spiro atoms. The molecule has 1 rings (SSSR count). The predicted molar refractivity (Wildman–Crippen MR) is 87.6 cm³/mol. The molecule has 1 aliphatic rings. The lowest BCUT2D eigenvalue weighted by molar-refractivity contribution is -0.107. The molecule has 0 aliphatic carbocycles. The van der Waals surface area contributed by atoms with E-state index in [1.54, 1.807) is 20.5 Å². The van der Waals surface area contributed by atoms with Crippen LogP contribution in [0.1, 0.15) is 47.0 Å². The van der Waals surface area contributed by atoms with Crippen LogP contribution in [-0.2, 0) is 23.5 Å². The van der Waals surface area contributed by atoms with E-state index in [-0.39, 0.29) is 24.6 Å². The molecule has 22 heavy (non-hydrogen) atoms. The Labute approximate surface area is 135 Å². The molecule has 0 unspecified atom stereocenters. The van der Waals surface area contributed by atoms with Gasteiger partial charge in [0.1, 0.15) is 0 Å². The maximum Gasteiger partial charge on any atom is 0.461 e. The molecule has 0 atom stereocenters. The number of allylic oxidation sites excluding steroid dienone is 1. The van der Waals surface area contributed by atoms with Gasteiger partial charge in [-0.3, -0.25) is 0 Å². The SMILES string of the molecule is COC(CCCCO/C=C/CB1OC(C)(C)C(C)(C)O1)OC. The summed E-state index contributed by atoms with van der Waals surface area (Å²) in [4.78, 5) is 0. The van der Waals surface area contributed by atoms with E-state index in [1.807, 2.05) is 6.08 Å². The molecule has 1 saturated heterocycles. The molecule has 128 valence electrons. The summed E-state index contributed by atoms with van der Waals surface area (Å²) < 4.78 is 27.5. The molecule has 1 fully saturated rings. The Balaban J connectivity index is 2.08. The van der Waals surface area contributed by atoms with Crippen LogP contribution in [0.3, 0.4) is 0 Å². The first-order valence-electron chi connectivity index (χ1n) is 8.00. The largest absolute Gasteiger partial charge is 0.502 e. The van der Waals surface area contributed by atoms with Crippen LogP contribution in [0.5, 0.6) is 0 Å². The van der Waals surface area contributed by atoms with Gasteiger partial charge in [0, 0.05) is 20.5 Å². The Morgan fingerprint density at radius 2 is 1.59 bits per heavy atom. The third kappa shape index (κ3) is 5.91. The first-order valence-corrected chi connectivity index (χ1v) is 8.00. The van der Waals surface area contributed by atoms with Crippen molar-refractivity contribution in [2.24, 2.45) is 0 Å². The van der Waals surface area contributed by atoms with Crippen molar-refractivity contribution in [3.05, 3.63) is 12.3 Å². The molecule has 0 radical (unpaired) electrons. The quantitative estimate of drug-likeness (QED) is 0.268. The minimum absolute atomic E-state index is 0.112. The van der Waals surface area contributed by atoms with Crippen LogP contribution in [0.25, 0.3) is 0 Å². The number of hydrogen-bond donors (Lipinski definition) is 0. The van der Waals surface area contributed by atoms with Crippen molar-refractivity contribution in [1.82, 2.24) is 0 Å². The summed E-state index contributed by atoms with van der Waals surface area (Å²) in [5.74, 6) is 0. The highest BCUT2D eigenvalue weighted by molar-refractivity contribution is 6.46. The van der Waals surface area contributed by atoms with E-state index in [0.29, 0.717) is 12.9 Å². The fourth-order valence-electron chi connectivity index (χ4n) is 2.19. The van der Waals surface area contributed by atoms with Crippen LogP contribution in [-0.4, -0.2) is 45.4 Å². The van der Waals surface area contributed by atoms with Crippen molar-refractivity contribution in [1.29, 1.82) is 0 Å². The smallest absolute Gasteiger partial charge is 0.461 e. The third-order valence-corrected chi connectivity index (χ3v) is 4.30. The van der Waals surface area contributed by atoms with Crippen LogP contribution in [0.15, 0.2) is 12.3 Å². The minimum atomic E-state index is -0.272. The Hall–Kier alpha value is -0.555. The fourth-order valence-corrected chi connectivity index (χ4v) is 2.19. The average molecular weight is 314 g/mol. The Morgan fingerprint density at radius 3 is 2.14 bits per heavy atom. The maximum absolute atomic E-state index is 5.90. The van der Waals surface area contributed by atoms with Crippen LogP contribution in [0, 0.1) is 0 Å². The standard InChI is InChI=1S/C16H31BO5/c1-15(2)16(3,4)22-17(21-15)11-9-13-20-12-8-7-10-14(18-5)19-6/h9,13-14H,7-8,10-12H2,1-6H3/b13-9+. The molecule has 1 aliphatic heterocycles. The molecule has 0 aromatic heterocycles. The average Bonchev–Trinajstić information content (AvgIpc) is 2.65. The first-order chi connectivity index (χ1) is 10.3. The van der Waals surface area contributed by atoms with Gasteiger partial charge in [-0.05, 0) is 47.0 Å². The topological polar surface area (TPSA) is 46.2 Å². The summed E-state index contributed by atoms with van der Waals surface area (Å²) in [7, 11) is 3.11. The van der Waals surface area contributed by atoms with E-state index < -0.39 is 0 Å². The molecular formula is C16H31BO5. The van der Waals surface area contributed by atoms with E-state index in [1.165, 1.54) is 0 Å². The Bertz CT molecular complexity index is 323. The summed E-state index contributed by atoms with van der Waals surface area (Å²) in [6.07, 6.45) is 7.14. The second kappa shape index (κ2) is 8.92. The summed E-state index contributed by atoms with van der Waals surface area (Å²) in [5.41, 5.74) is -0.544. The highest BCUT2D eigenvalue weighted by Crippen LogP contribution is 2.37. The van der Waals surface area contributed by atoms with Crippen molar-refractivity contribution in [3.63, 3.8) is 0 Å². The fraction of sp³-hybridized carbons (Fsp3) is 0.875. The lowest BCUT2D eigenvalue weighted by atomic mass is 9.85. The Morgan fingerprint density at radius 1 is 1.00 bits per heavy atom. The van der Waals surface area contributed by atoms with E-state index in [0.717, 1.165) is 19.3 Å². The van der Waals surface area contributed by atoms with Gasteiger partial charge in [0.05, 0.1) is 24.1 Å². The monoisotopic (exact) mass is 314 g/mol. The van der Waals surface area contributed by atoms with E-state index in [9.17, 15) is 0 Å². The number of unbranched alkanes of at least 4 members (excludes halogenated alkanes) is 1. The molecule has 0 aromatic carbocycles. The van der Waals surface area contributed by atoms with Crippen molar-refractivity contribution >= 4 is 7.12 Å². The first kappa shape index (κ1) is 19.5. The van der Waals surface area contributed by atoms with Gasteiger partial charge < -0.3 is 23.5 Å². The van der Waals surface area contributed by atoms with Crippen LogP contribution in [0.2, 0.25) is 6.32 Å². The second-order valence-electron chi connectivity index (χ2n) is 6.56. The lowest BCUT2D eigenvalue weighted by Crippen LogP contribution is -2.41. The van der Waals surface area contributed by atoms with Crippen LogP contribution in [0.4, 0.5) is 0 Å². The van der Waals surface area contributed by atoms with Gasteiger partial charge in [-0.15, -0.1) is 0 Å². The maximum atomic E-state index is 5.90. The summed E-state index contributed by atoms with van der Waals surface area (Å²) >= 11 is 0. The number of hydrogen-bond acceptors (Lipinski definition) is 5. The van der Waals surface area contributed by atoms with Gasteiger partial charge >= 0.3 is 7.12 Å². The zero-order chi connectivity index (χ0) is 16.6. The van der Waals surface area contributed by atoms with Gasteiger partial charge in [0.15, 0.2) is 6.29 Å². The minimum Gasteiger partial charge on any atom is -0.502 e. The number of methoxy groups -OCH3 is 2. The highest BCUT2D eigenvalue weighted by atomic mass is 16.7.